The number of carbonyl (C=O) groups is 1. The molecule has 5 nitrogen and oxygen atoms in total. The molecule has 2 unspecified atom stereocenters. The number of hydrogen-bond acceptors (Lipinski definition) is 2. The summed E-state index contributed by atoms with van der Waals surface area (Å²) in [6, 6.07) is 7.94. The summed E-state index contributed by atoms with van der Waals surface area (Å²) in [6.07, 6.45) is 2.06. The van der Waals surface area contributed by atoms with E-state index in [4.69, 9.17) is 0 Å². The summed E-state index contributed by atoms with van der Waals surface area (Å²) in [5.41, 5.74) is 0.669. The van der Waals surface area contributed by atoms with Crippen LogP contribution < -0.4 is 16.0 Å². The lowest BCUT2D eigenvalue weighted by Gasteiger charge is -2.11. The molecule has 6 heteroatoms. The van der Waals surface area contributed by atoms with Gasteiger partial charge in [-0.3, -0.25) is 9.79 Å². The van der Waals surface area contributed by atoms with Gasteiger partial charge in [-0.25, -0.2) is 0 Å². The van der Waals surface area contributed by atoms with Gasteiger partial charge in [-0.05, 0) is 37.0 Å². The van der Waals surface area contributed by atoms with Gasteiger partial charge in [0.15, 0.2) is 5.96 Å². The molecule has 0 radical (unpaired) electrons. The van der Waals surface area contributed by atoms with Gasteiger partial charge in [0.1, 0.15) is 0 Å². The molecule has 0 aliphatic heterocycles. The summed E-state index contributed by atoms with van der Waals surface area (Å²) < 4.78 is 0.908. The van der Waals surface area contributed by atoms with E-state index in [0.717, 1.165) is 29.3 Å². The van der Waals surface area contributed by atoms with Crippen molar-refractivity contribution in [3.8, 4) is 0 Å². The molecule has 22 heavy (non-hydrogen) atoms. The monoisotopic (exact) mass is 366 g/mol. The Bertz CT molecular complexity index is 547. The highest BCUT2D eigenvalue weighted by Crippen LogP contribution is 2.28. The van der Waals surface area contributed by atoms with Crippen molar-refractivity contribution >= 4 is 27.8 Å². The number of carbonyl (C=O) groups excluding carboxylic acids is 1. The minimum Gasteiger partial charge on any atom is -0.356 e. The Kier molecular flexibility index (Phi) is 6.24. The zero-order chi connectivity index (χ0) is 15.9. The van der Waals surface area contributed by atoms with E-state index < -0.39 is 0 Å². The SMILES string of the molecule is CN=C(NCCCNC(=O)c1cccc(Br)c1)NC1CC1C. The molecule has 0 bridgehead atoms. The average Bonchev–Trinajstić information content (AvgIpc) is 3.20. The van der Waals surface area contributed by atoms with Crippen LogP contribution in [0.4, 0.5) is 0 Å². The maximum absolute atomic E-state index is 12.0. The van der Waals surface area contributed by atoms with Crippen LogP contribution in [0.15, 0.2) is 33.7 Å². The zero-order valence-corrected chi connectivity index (χ0v) is 14.6. The summed E-state index contributed by atoms with van der Waals surface area (Å²) in [5, 5.41) is 9.55. The van der Waals surface area contributed by atoms with Crippen molar-refractivity contribution in [1.29, 1.82) is 0 Å². The average molecular weight is 367 g/mol. The summed E-state index contributed by atoms with van der Waals surface area (Å²) in [5.74, 6) is 1.53. The number of benzene rings is 1. The van der Waals surface area contributed by atoms with E-state index in [0.29, 0.717) is 18.2 Å². The lowest BCUT2D eigenvalue weighted by molar-refractivity contribution is 0.0953. The molecule has 2 atom stereocenters. The molecule has 0 heterocycles. The van der Waals surface area contributed by atoms with Gasteiger partial charge >= 0.3 is 0 Å². The lowest BCUT2D eigenvalue weighted by Crippen LogP contribution is -2.40. The van der Waals surface area contributed by atoms with Crippen molar-refractivity contribution in [2.75, 3.05) is 20.1 Å². The van der Waals surface area contributed by atoms with Crippen molar-refractivity contribution in [1.82, 2.24) is 16.0 Å². The maximum atomic E-state index is 12.0. The molecule has 1 saturated carbocycles. The first-order valence-corrected chi connectivity index (χ1v) is 8.40. The number of guanidine groups is 1. The van der Waals surface area contributed by atoms with E-state index in [1.807, 2.05) is 18.2 Å². The second-order valence-corrected chi connectivity index (χ2v) is 6.50. The Hall–Kier alpha value is -1.56. The molecule has 2 rings (SSSR count). The van der Waals surface area contributed by atoms with Crippen molar-refractivity contribution < 1.29 is 4.79 Å². The first-order valence-electron chi connectivity index (χ1n) is 7.61. The number of aliphatic imine (C=N–C) groups is 1. The van der Waals surface area contributed by atoms with Crippen LogP contribution in [0.25, 0.3) is 0 Å². The van der Waals surface area contributed by atoms with Gasteiger partial charge in [0.2, 0.25) is 0 Å². The van der Waals surface area contributed by atoms with Gasteiger partial charge in [-0.15, -0.1) is 0 Å². The number of amides is 1. The van der Waals surface area contributed by atoms with Crippen molar-refractivity contribution in [3.05, 3.63) is 34.3 Å². The van der Waals surface area contributed by atoms with Gasteiger partial charge < -0.3 is 16.0 Å². The highest BCUT2D eigenvalue weighted by Gasteiger charge is 2.33. The van der Waals surface area contributed by atoms with Crippen LogP contribution in [0, 0.1) is 5.92 Å². The molecule has 1 aromatic carbocycles. The predicted molar refractivity (Wildman–Crippen MR) is 93.2 cm³/mol. The van der Waals surface area contributed by atoms with Gasteiger partial charge in [0.25, 0.3) is 5.91 Å². The van der Waals surface area contributed by atoms with Crippen LogP contribution in [0.3, 0.4) is 0 Å². The molecule has 0 spiro atoms. The Morgan fingerprint density at radius 1 is 1.36 bits per heavy atom. The fourth-order valence-corrected chi connectivity index (χ4v) is 2.52. The molecule has 120 valence electrons. The number of rotatable bonds is 6. The van der Waals surface area contributed by atoms with E-state index in [2.05, 4.69) is 43.8 Å². The Morgan fingerprint density at radius 3 is 2.73 bits per heavy atom. The van der Waals surface area contributed by atoms with Crippen LogP contribution in [-0.2, 0) is 0 Å². The fraction of sp³-hybridized carbons (Fsp3) is 0.500. The third-order valence-electron chi connectivity index (χ3n) is 3.67. The van der Waals surface area contributed by atoms with E-state index in [9.17, 15) is 4.79 Å². The van der Waals surface area contributed by atoms with Crippen LogP contribution >= 0.6 is 15.9 Å². The summed E-state index contributed by atoms with van der Waals surface area (Å²) in [4.78, 5) is 16.1. The molecule has 1 amide bonds. The highest BCUT2D eigenvalue weighted by molar-refractivity contribution is 9.10. The normalized spacial score (nSPS) is 20.4. The zero-order valence-electron chi connectivity index (χ0n) is 13.0. The first kappa shape index (κ1) is 16.8. The third kappa shape index (κ3) is 5.33. The third-order valence-corrected chi connectivity index (χ3v) is 4.17. The summed E-state index contributed by atoms with van der Waals surface area (Å²) in [6.45, 7) is 3.64. The predicted octanol–water partition coefficient (Wildman–Crippen LogP) is 2.14. The highest BCUT2D eigenvalue weighted by atomic mass is 79.9. The molecule has 0 aromatic heterocycles. The molecule has 1 fully saturated rings. The minimum absolute atomic E-state index is 0.0457. The van der Waals surface area contributed by atoms with Gasteiger partial charge in [0, 0.05) is 36.2 Å². The van der Waals surface area contributed by atoms with E-state index in [-0.39, 0.29) is 5.91 Å². The van der Waals surface area contributed by atoms with E-state index in [1.165, 1.54) is 6.42 Å². The quantitative estimate of drug-likeness (QED) is 0.410. The number of halogens is 1. The summed E-state index contributed by atoms with van der Waals surface area (Å²) in [7, 11) is 1.78. The molecule has 3 N–H and O–H groups in total. The number of nitrogens with zero attached hydrogens (tertiary/aromatic N) is 1. The minimum atomic E-state index is -0.0457. The molecule has 0 saturated heterocycles. The maximum Gasteiger partial charge on any atom is 0.251 e. The fourth-order valence-electron chi connectivity index (χ4n) is 2.12. The standard InChI is InChI=1S/C16H23BrN4O/c1-11-9-14(11)21-16(18-2)20-8-4-7-19-15(22)12-5-3-6-13(17)10-12/h3,5-6,10-11,14H,4,7-9H2,1-2H3,(H,19,22)(H2,18,20,21). The second-order valence-electron chi connectivity index (χ2n) is 5.58. The van der Waals surface area contributed by atoms with Crippen LogP contribution in [0.1, 0.15) is 30.1 Å². The van der Waals surface area contributed by atoms with E-state index in [1.54, 1.807) is 13.1 Å². The molecule has 1 aliphatic carbocycles. The number of hydrogen-bond donors (Lipinski definition) is 3. The molecule has 1 aliphatic rings. The molecular formula is C16H23BrN4O. The topological polar surface area (TPSA) is 65.5 Å². The van der Waals surface area contributed by atoms with Gasteiger partial charge in [-0.2, -0.15) is 0 Å². The van der Waals surface area contributed by atoms with Crippen molar-refractivity contribution in [2.24, 2.45) is 10.9 Å². The first-order chi connectivity index (χ1) is 10.6. The Labute approximate surface area is 140 Å². The Balaban J connectivity index is 1.61. The Morgan fingerprint density at radius 2 is 2.09 bits per heavy atom. The lowest BCUT2D eigenvalue weighted by atomic mass is 10.2. The molecular weight excluding hydrogens is 344 g/mol. The largest absolute Gasteiger partial charge is 0.356 e. The summed E-state index contributed by atoms with van der Waals surface area (Å²) >= 11 is 3.37. The smallest absolute Gasteiger partial charge is 0.251 e. The van der Waals surface area contributed by atoms with Crippen LogP contribution in [0.2, 0.25) is 0 Å². The van der Waals surface area contributed by atoms with Crippen LogP contribution in [0.5, 0.6) is 0 Å². The van der Waals surface area contributed by atoms with Crippen molar-refractivity contribution in [3.63, 3.8) is 0 Å². The van der Waals surface area contributed by atoms with Crippen LogP contribution in [-0.4, -0.2) is 38.0 Å². The van der Waals surface area contributed by atoms with Gasteiger partial charge in [-0.1, -0.05) is 28.9 Å². The number of nitrogens with one attached hydrogen (secondary N) is 3. The second kappa shape index (κ2) is 8.17. The molecule has 1 aromatic rings. The van der Waals surface area contributed by atoms with Crippen molar-refractivity contribution in [2.45, 2.75) is 25.8 Å². The van der Waals surface area contributed by atoms with Gasteiger partial charge in [0.05, 0.1) is 0 Å². The van der Waals surface area contributed by atoms with E-state index >= 15 is 0 Å².